The van der Waals surface area contributed by atoms with E-state index in [1.54, 1.807) is 36.4 Å². The fraction of sp³-hybridized carbons (Fsp3) is 0.0323. The highest BCUT2D eigenvalue weighted by atomic mass is 35.5. The van der Waals surface area contributed by atoms with Crippen LogP contribution in [0.15, 0.2) is 114 Å². The molecule has 6 aromatic rings. The second-order valence-corrected chi connectivity index (χ2v) is 9.01. The van der Waals surface area contributed by atoms with Crippen LogP contribution in [0.5, 0.6) is 5.75 Å². The number of hydrogen-bond acceptors (Lipinski definition) is 4. The second kappa shape index (κ2) is 9.80. The van der Waals surface area contributed by atoms with Gasteiger partial charge in [-0.2, -0.15) is 0 Å². The number of oxazole rings is 1. The molecule has 0 bridgehead atoms. The molecule has 37 heavy (non-hydrogen) atoms. The van der Waals surface area contributed by atoms with Gasteiger partial charge in [-0.3, -0.25) is 4.79 Å². The fourth-order valence-electron chi connectivity index (χ4n) is 4.25. The largest absolute Gasteiger partial charge is 0.489 e. The molecule has 0 atom stereocenters. The summed E-state index contributed by atoms with van der Waals surface area (Å²) in [7, 11) is 0. The summed E-state index contributed by atoms with van der Waals surface area (Å²) in [5.74, 6) is 0.884. The first-order chi connectivity index (χ1) is 18.1. The first-order valence-corrected chi connectivity index (χ1v) is 12.2. The van der Waals surface area contributed by atoms with E-state index in [0.717, 1.165) is 21.9 Å². The molecule has 0 aliphatic carbocycles. The van der Waals surface area contributed by atoms with Gasteiger partial charge in [0.2, 0.25) is 5.89 Å². The zero-order chi connectivity index (χ0) is 25.2. The summed E-state index contributed by atoms with van der Waals surface area (Å²) in [6.45, 7) is 0.431. The van der Waals surface area contributed by atoms with Crippen molar-refractivity contribution in [3.05, 3.63) is 125 Å². The molecule has 0 radical (unpaired) electrons. The standard InChI is InChI=1S/C31H21ClN2O3/c32-27-14-6-11-24-25(27)12-5-13-26(24)31-34-28-18-22(15-16-29(28)37-31)33-30(35)21-9-4-10-23(17-21)36-19-20-7-2-1-3-8-20/h1-18H,19H2,(H,33,35). The van der Waals surface area contributed by atoms with E-state index >= 15 is 0 Å². The number of ether oxygens (including phenoxy) is 1. The van der Waals surface area contributed by atoms with Crippen LogP contribution in [0.3, 0.4) is 0 Å². The minimum atomic E-state index is -0.239. The lowest BCUT2D eigenvalue weighted by molar-refractivity contribution is 0.102. The Morgan fingerprint density at radius 3 is 2.54 bits per heavy atom. The summed E-state index contributed by atoms with van der Waals surface area (Å²) in [6, 6.07) is 34.0. The Kier molecular flexibility index (Phi) is 6.05. The Labute approximate surface area is 218 Å². The van der Waals surface area contributed by atoms with Crippen LogP contribution >= 0.6 is 11.6 Å². The Bertz CT molecular complexity index is 1740. The third kappa shape index (κ3) is 4.77. The minimum absolute atomic E-state index is 0.239. The van der Waals surface area contributed by atoms with Crippen molar-refractivity contribution in [3.63, 3.8) is 0 Å². The Morgan fingerprint density at radius 2 is 1.65 bits per heavy atom. The minimum Gasteiger partial charge on any atom is -0.489 e. The maximum Gasteiger partial charge on any atom is 0.255 e. The highest BCUT2D eigenvalue weighted by molar-refractivity contribution is 6.35. The monoisotopic (exact) mass is 504 g/mol. The lowest BCUT2D eigenvalue weighted by Gasteiger charge is -2.09. The van der Waals surface area contributed by atoms with Crippen molar-refractivity contribution in [2.45, 2.75) is 6.61 Å². The van der Waals surface area contributed by atoms with Crippen LogP contribution in [0, 0.1) is 0 Å². The number of benzene rings is 5. The maximum atomic E-state index is 13.0. The summed E-state index contributed by atoms with van der Waals surface area (Å²) in [5, 5.41) is 5.52. The predicted octanol–water partition coefficient (Wildman–Crippen LogP) is 8.13. The lowest BCUT2D eigenvalue weighted by atomic mass is 10.0. The number of aromatic nitrogens is 1. The average molecular weight is 505 g/mol. The quantitative estimate of drug-likeness (QED) is 0.248. The number of hydrogen-bond donors (Lipinski definition) is 1. The highest BCUT2D eigenvalue weighted by Crippen LogP contribution is 2.34. The van der Waals surface area contributed by atoms with Crippen LogP contribution in [-0.2, 0) is 6.61 Å². The van der Waals surface area contributed by atoms with E-state index in [0.29, 0.717) is 45.6 Å². The van der Waals surface area contributed by atoms with Crippen molar-refractivity contribution < 1.29 is 13.9 Å². The van der Waals surface area contributed by atoms with Crippen LogP contribution in [0.4, 0.5) is 5.69 Å². The van der Waals surface area contributed by atoms with E-state index in [-0.39, 0.29) is 5.91 Å². The number of nitrogens with one attached hydrogen (secondary N) is 1. The fourth-order valence-corrected chi connectivity index (χ4v) is 4.49. The summed E-state index contributed by atoms with van der Waals surface area (Å²) in [5.41, 5.74) is 4.31. The number of fused-ring (bicyclic) bond motifs is 2. The van der Waals surface area contributed by atoms with Crippen LogP contribution in [0.2, 0.25) is 5.02 Å². The van der Waals surface area contributed by atoms with Gasteiger partial charge in [0.15, 0.2) is 5.58 Å². The molecule has 0 aliphatic rings. The van der Waals surface area contributed by atoms with E-state index in [1.807, 2.05) is 72.8 Å². The molecule has 0 spiro atoms. The van der Waals surface area contributed by atoms with Crippen molar-refractivity contribution >= 4 is 45.1 Å². The van der Waals surface area contributed by atoms with Crippen molar-refractivity contribution in [3.8, 4) is 17.2 Å². The molecule has 180 valence electrons. The predicted molar refractivity (Wildman–Crippen MR) is 147 cm³/mol. The van der Waals surface area contributed by atoms with Crippen molar-refractivity contribution in [2.24, 2.45) is 0 Å². The van der Waals surface area contributed by atoms with E-state index in [2.05, 4.69) is 10.3 Å². The molecule has 1 aromatic heterocycles. The van der Waals surface area contributed by atoms with Crippen molar-refractivity contribution in [1.82, 2.24) is 4.98 Å². The molecule has 6 heteroatoms. The van der Waals surface area contributed by atoms with Gasteiger partial charge in [-0.15, -0.1) is 0 Å². The van der Waals surface area contributed by atoms with Crippen LogP contribution in [-0.4, -0.2) is 10.9 Å². The number of halogens is 1. The van der Waals surface area contributed by atoms with Gasteiger partial charge in [-0.25, -0.2) is 4.98 Å². The summed E-state index contributed by atoms with van der Waals surface area (Å²) >= 11 is 6.37. The SMILES string of the molecule is O=C(Nc1ccc2oc(-c3cccc4c(Cl)cccc34)nc2c1)c1cccc(OCc2ccccc2)c1. The summed E-state index contributed by atoms with van der Waals surface area (Å²) < 4.78 is 11.9. The molecule has 1 N–H and O–H groups in total. The molecular formula is C31H21ClN2O3. The van der Waals surface area contributed by atoms with Crippen LogP contribution in [0.25, 0.3) is 33.3 Å². The number of carbonyl (C=O) groups is 1. The van der Waals surface area contributed by atoms with Crippen LogP contribution < -0.4 is 10.1 Å². The molecule has 5 aromatic carbocycles. The zero-order valence-electron chi connectivity index (χ0n) is 19.6. The van der Waals surface area contributed by atoms with E-state index in [9.17, 15) is 4.79 Å². The number of carbonyl (C=O) groups excluding carboxylic acids is 1. The van der Waals surface area contributed by atoms with Gasteiger partial charge in [0, 0.05) is 27.2 Å². The van der Waals surface area contributed by atoms with Gasteiger partial charge in [0.25, 0.3) is 5.91 Å². The van der Waals surface area contributed by atoms with E-state index < -0.39 is 0 Å². The van der Waals surface area contributed by atoms with Crippen molar-refractivity contribution in [2.75, 3.05) is 5.32 Å². The summed E-state index contributed by atoms with van der Waals surface area (Å²) in [6.07, 6.45) is 0. The smallest absolute Gasteiger partial charge is 0.255 e. The number of rotatable bonds is 6. The van der Waals surface area contributed by atoms with Gasteiger partial charge < -0.3 is 14.5 Å². The first kappa shape index (κ1) is 22.8. The Morgan fingerprint density at radius 1 is 0.838 bits per heavy atom. The Hall–Kier alpha value is -4.61. The molecular weight excluding hydrogens is 484 g/mol. The molecule has 0 saturated carbocycles. The topological polar surface area (TPSA) is 64.4 Å². The van der Waals surface area contributed by atoms with E-state index in [1.165, 1.54) is 0 Å². The molecule has 0 aliphatic heterocycles. The third-order valence-electron chi connectivity index (χ3n) is 6.09. The normalized spacial score (nSPS) is 11.1. The van der Waals surface area contributed by atoms with Gasteiger partial charge in [-0.05, 0) is 59.5 Å². The highest BCUT2D eigenvalue weighted by Gasteiger charge is 2.14. The van der Waals surface area contributed by atoms with Crippen molar-refractivity contribution in [1.29, 1.82) is 0 Å². The summed E-state index contributed by atoms with van der Waals surface area (Å²) in [4.78, 5) is 17.6. The molecule has 0 fully saturated rings. The maximum absolute atomic E-state index is 13.0. The number of amides is 1. The van der Waals surface area contributed by atoms with Gasteiger partial charge in [-0.1, -0.05) is 72.3 Å². The molecule has 5 nitrogen and oxygen atoms in total. The van der Waals surface area contributed by atoms with Crippen LogP contribution in [0.1, 0.15) is 15.9 Å². The molecule has 1 amide bonds. The number of nitrogens with zero attached hydrogens (tertiary/aromatic N) is 1. The molecule has 0 saturated heterocycles. The van der Waals surface area contributed by atoms with Gasteiger partial charge in [0.1, 0.15) is 17.9 Å². The Balaban J connectivity index is 1.22. The second-order valence-electron chi connectivity index (χ2n) is 8.60. The first-order valence-electron chi connectivity index (χ1n) is 11.8. The van der Waals surface area contributed by atoms with E-state index in [4.69, 9.17) is 20.8 Å². The lowest BCUT2D eigenvalue weighted by Crippen LogP contribution is -2.12. The number of anilines is 1. The molecule has 1 heterocycles. The zero-order valence-corrected chi connectivity index (χ0v) is 20.4. The molecule has 0 unspecified atom stereocenters. The van der Waals surface area contributed by atoms with Gasteiger partial charge in [0.05, 0.1) is 0 Å². The average Bonchev–Trinajstić information content (AvgIpc) is 3.36. The third-order valence-corrected chi connectivity index (χ3v) is 6.42. The molecule has 6 rings (SSSR count). The van der Waals surface area contributed by atoms with Gasteiger partial charge >= 0.3 is 0 Å².